The van der Waals surface area contributed by atoms with Crippen molar-refractivity contribution in [3.8, 4) is 0 Å². The van der Waals surface area contributed by atoms with Crippen LogP contribution in [0.15, 0.2) is 53.4 Å². The average molecular weight is 438 g/mol. The Hall–Kier alpha value is -3.13. The minimum Gasteiger partial charge on any atom is -0.341 e. The number of carbonyl (C=O) groups is 4. The van der Waals surface area contributed by atoms with Gasteiger partial charge in [0.1, 0.15) is 0 Å². The highest BCUT2D eigenvalue weighted by molar-refractivity contribution is 8.01. The maximum absolute atomic E-state index is 12.9. The largest absolute Gasteiger partial charge is 0.341 e. The van der Waals surface area contributed by atoms with Gasteiger partial charge in [0.05, 0.1) is 5.69 Å². The molecule has 8 heteroatoms. The van der Waals surface area contributed by atoms with Crippen molar-refractivity contribution in [2.45, 2.75) is 29.9 Å². The molecule has 0 saturated carbocycles. The first-order valence-electron chi connectivity index (χ1n) is 10.2. The summed E-state index contributed by atoms with van der Waals surface area (Å²) in [5, 5.41) is 4.88. The number of rotatable bonds is 4. The van der Waals surface area contributed by atoms with Crippen LogP contribution in [-0.4, -0.2) is 46.7 Å². The normalized spacial score (nSPS) is 18.7. The van der Waals surface area contributed by atoms with Gasteiger partial charge in [-0.15, -0.1) is 11.8 Å². The van der Waals surface area contributed by atoms with Gasteiger partial charge in [0, 0.05) is 35.2 Å². The number of amides is 3. The van der Waals surface area contributed by atoms with Gasteiger partial charge in [0.15, 0.2) is 11.0 Å². The summed E-state index contributed by atoms with van der Waals surface area (Å²) in [5.74, 6) is -0.840. The Balaban J connectivity index is 1.32. The topological polar surface area (TPSA) is 95.6 Å². The van der Waals surface area contributed by atoms with E-state index in [9.17, 15) is 19.2 Å². The summed E-state index contributed by atoms with van der Waals surface area (Å²) in [7, 11) is 0. The molecule has 0 unspecified atom stereocenters. The second-order valence-corrected chi connectivity index (χ2v) is 8.85. The molecule has 0 spiro atoms. The first-order valence-corrected chi connectivity index (χ1v) is 11.1. The van der Waals surface area contributed by atoms with E-state index < -0.39 is 5.25 Å². The summed E-state index contributed by atoms with van der Waals surface area (Å²) in [6.45, 7) is 2.37. The van der Waals surface area contributed by atoms with Gasteiger partial charge in [-0.1, -0.05) is 12.1 Å². The summed E-state index contributed by atoms with van der Waals surface area (Å²) < 4.78 is 0. The number of ketones is 1. The van der Waals surface area contributed by atoms with Crippen molar-refractivity contribution in [3.05, 3.63) is 54.1 Å². The van der Waals surface area contributed by atoms with Crippen LogP contribution in [0.2, 0.25) is 0 Å². The zero-order valence-corrected chi connectivity index (χ0v) is 17.9. The van der Waals surface area contributed by atoms with Crippen LogP contribution >= 0.6 is 11.8 Å². The second kappa shape index (κ2) is 8.93. The molecule has 0 bridgehead atoms. The maximum atomic E-state index is 12.9. The minimum atomic E-state index is -0.805. The lowest BCUT2D eigenvalue weighted by molar-refractivity contribution is -0.136. The molecule has 1 atom stereocenters. The van der Waals surface area contributed by atoms with Crippen molar-refractivity contribution in [2.75, 3.05) is 23.7 Å². The number of hydrogen-bond donors (Lipinski definition) is 2. The fourth-order valence-corrected chi connectivity index (χ4v) is 4.85. The number of anilines is 2. The molecule has 2 aromatic carbocycles. The third kappa shape index (κ3) is 4.64. The van der Waals surface area contributed by atoms with Crippen molar-refractivity contribution in [3.63, 3.8) is 0 Å². The number of fused-ring (bicyclic) bond motifs is 1. The van der Waals surface area contributed by atoms with Crippen LogP contribution in [0.1, 0.15) is 30.1 Å². The average Bonchev–Trinajstić information content (AvgIpc) is 2.78. The number of nitrogens with one attached hydrogen (secondary N) is 2. The van der Waals surface area contributed by atoms with Crippen molar-refractivity contribution < 1.29 is 19.2 Å². The summed E-state index contributed by atoms with van der Waals surface area (Å²) in [4.78, 5) is 51.9. The van der Waals surface area contributed by atoms with Gasteiger partial charge in [-0.25, -0.2) is 0 Å². The molecular formula is C23H23N3O4S. The number of nitrogens with zero attached hydrogens (tertiary/aromatic N) is 1. The number of thioether (sulfide) groups is 1. The van der Waals surface area contributed by atoms with Crippen LogP contribution in [0, 0.1) is 5.92 Å². The number of piperidine rings is 1. The zero-order chi connectivity index (χ0) is 22.0. The molecule has 0 radical (unpaired) electrons. The van der Waals surface area contributed by atoms with Crippen molar-refractivity contribution in [1.29, 1.82) is 0 Å². The Morgan fingerprint density at radius 1 is 1.03 bits per heavy atom. The lowest BCUT2D eigenvalue weighted by atomic mass is 9.95. The van der Waals surface area contributed by atoms with Gasteiger partial charge in [0.25, 0.3) is 0 Å². The van der Waals surface area contributed by atoms with Gasteiger partial charge in [-0.3, -0.25) is 19.2 Å². The van der Waals surface area contributed by atoms with E-state index in [1.807, 2.05) is 24.3 Å². The molecule has 3 amide bonds. The summed E-state index contributed by atoms with van der Waals surface area (Å²) in [5.41, 5.74) is 1.97. The predicted molar refractivity (Wildman–Crippen MR) is 119 cm³/mol. The van der Waals surface area contributed by atoms with E-state index in [0.29, 0.717) is 37.2 Å². The first kappa shape index (κ1) is 21.1. The fraction of sp³-hybridized carbons (Fsp3) is 0.304. The Bertz CT molecular complexity index is 1030. The van der Waals surface area contributed by atoms with Crippen molar-refractivity contribution in [1.82, 2.24) is 4.90 Å². The third-order valence-electron chi connectivity index (χ3n) is 5.59. The standard InChI is InChI=1S/C23H23N3O4S/c1-14(27)15-6-8-17(9-7-15)24-21(28)16-10-12-26(13-11-16)23(30)20-22(29)25-18-4-2-3-5-19(18)31-20/h2-9,16,20H,10-13H2,1H3,(H,24,28)(H,25,29)/t20-/m0/s1. The molecule has 4 rings (SSSR count). The van der Waals surface area contributed by atoms with Crippen LogP contribution in [-0.2, 0) is 14.4 Å². The number of benzene rings is 2. The van der Waals surface area contributed by atoms with Crippen LogP contribution in [0.4, 0.5) is 11.4 Å². The summed E-state index contributed by atoms with van der Waals surface area (Å²) in [6.07, 6.45) is 1.08. The van der Waals surface area contributed by atoms with E-state index >= 15 is 0 Å². The maximum Gasteiger partial charge on any atom is 0.247 e. The highest BCUT2D eigenvalue weighted by Crippen LogP contribution is 2.36. The number of hydrogen-bond acceptors (Lipinski definition) is 5. The van der Waals surface area contributed by atoms with E-state index in [0.717, 1.165) is 10.6 Å². The van der Waals surface area contributed by atoms with Crippen LogP contribution in [0.3, 0.4) is 0 Å². The van der Waals surface area contributed by atoms with Gasteiger partial charge < -0.3 is 15.5 Å². The Labute approximate surface area is 184 Å². The molecule has 2 aromatic rings. The molecule has 0 aliphatic carbocycles. The van der Waals surface area contributed by atoms with Gasteiger partial charge in [-0.05, 0) is 56.2 Å². The molecule has 160 valence electrons. The quantitative estimate of drug-likeness (QED) is 0.566. The molecule has 2 N–H and O–H groups in total. The number of likely N-dealkylation sites (tertiary alicyclic amines) is 1. The van der Waals surface area contributed by atoms with Gasteiger partial charge in [0.2, 0.25) is 17.7 Å². The molecule has 1 saturated heterocycles. The zero-order valence-electron chi connectivity index (χ0n) is 17.1. The number of para-hydroxylation sites is 1. The first-order chi connectivity index (χ1) is 14.9. The SMILES string of the molecule is CC(=O)c1ccc(NC(=O)C2CCN(C(=O)[C@H]3Sc4ccccc4NC3=O)CC2)cc1. The Morgan fingerprint density at radius 2 is 1.71 bits per heavy atom. The van der Waals surface area contributed by atoms with Crippen LogP contribution < -0.4 is 10.6 Å². The lowest BCUT2D eigenvalue weighted by Crippen LogP contribution is -2.48. The van der Waals surface area contributed by atoms with Crippen LogP contribution in [0.5, 0.6) is 0 Å². The molecule has 7 nitrogen and oxygen atoms in total. The predicted octanol–water partition coefficient (Wildman–Crippen LogP) is 3.18. The van der Waals surface area contributed by atoms with E-state index in [2.05, 4.69) is 10.6 Å². The van der Waals surface area contributed by atoms with Crippen LogP contribution in [0.25, 0.3) is 0 Å². The summed E-state index contributed by atoms with van der Waals surface area (Å²) >= 11 is 1.27. The lowest BCUT2D eigenvalue weighted by Gasteiger charge is -2.34. The summed E-state index contributed by atoms with van der Waals surface area (Å²) in [6, 6.07) is 14.2. The minimum absolute atomic E-state index is 0.0248. The Morgan fingerprint density at radius 3 is 2.39 bits per heavy atom. The fourth-order valence-electron chi connectivity index (χ4n) is 3.77. The van der Waals surface area contributed by atoms with Gasteiger partial charge >= 0.3 is 0 Å². The molecule has 2 aliphatic heterocycles. The smallest absolute Gasteiger partial charge is 0.247 e. The molecular weight excluding hydrogens is 414 g/mol. The Kier molecular flexibility index (Phi) is 6.08. The molecule has 2 aliphatic rings. The monoisotopic (exact) mass is 437 g/mol. The van der Waals surface area contributed by atoms with E-state index in [4.69, 9.17) is 0 Å². The molecule has 2 heterocycles. The number of Topliss-reactive ketones (excluding diaryl/α,β-unsaturated/α-hetero) is 1. The van der Waals surface area contributed by atoms with Gasteiger partial charge in [-0.2, -0.15) is 0 Å². The van der Waals surface area contributed by atoms with Crippen molar-refractivity contribution >= 4 is 46.6 Å². The van der Waals surface area contributed by atoms with E-state index in [1.165, 1.54) is 18.7 Å². The molecule has 1 fully saturated rings. The highest BCUT2D eigenvalue weighted by atomic mass is 32.2. The van der Waals surface area contributed by atoms with E-state index in [-0.39, 0.29) is 29.4 Å². The molecule has 0 aromatic heterocycles. The number of carbonyl (C=O) groups excluding carboxylic acids is 4. The molecule has 31 heavy (non-hydrogen) atoms. The highest BCUT2D eigenvalue weighted by Gasteiger charge is 2.37. The van der Waals surface area contributed by atoms with E-state index in [1.54, 1.807) is 29.2 Å². The van der Waals surface area contributed by atoms with Crippen molar-refractivity contribution in [2.24, 2.45) is 5.92 Å². The third-order valence-corrected chi connectivity index (χ3v) is 6.85. The second-order valence-electron chi connectivity index (χ2n) is 7.71.